The van der Waals surface area contributed by atoms with Crippen molar-refractivity contribution < 1.29 is 0 Å². The molecular formula is C11H16BrNS. The molecule has 0 radical (unpaired) electrons. The molecule has 1 aliphatic rings. The first kappa shape index (κ1) is 10.7. The van der Waals surface area contributed by atoms with Gasteiger partial charge in [-0.3, -0.25) is 0 Å². The fourth-order valence-electron chi connectivity index (χ4n) is 2.41. The monoisotopic (exact) mass is 273 g/mol. The van der Waals surface area contributed by atoms with Crippen molar-refractivity contribution in [3.05, 3.63) is 20.8 Å². The highest BCUT2D eigenvalue weighted by atomic mass is 79.9. The zero-order valence-corrected chi connectivity index (χ0v) is 10.8. The second-order valence-electron chi connectivity index (χ2n) is 4.31. The summed E-state index contributed by atoms with van der Waals surface area (Å²) in [7, 11) is 0. The van der Waals surface area contributed by atoms with Gasteiger partial charge in [-0.1, -0.05) is 13.3 Å². The summed E-state index contributed by atoms with van der Waals surface area (Å²) in [6.45, 7) is 2.26. The van der Waals surface area contributed by atoms with Crippen LogP contribution < -0.4 is 5.73 Å². The van der Waals surface area contributed by atoms with Gasteiger partial charge in [0.25, 0.3) is 0 Å². The molecule has 1 nitrogen and oxygen atoms in total. The minimum absolute atomic E-state index is 0.0560. The zero-order valence-electron chi connectivity index (χ0n) is 8.42. The van der Waals surface area contributed by atoms with Crippen LogP contribution in [0.5, 0.6) is 0 Å². The molecule has 0 amide bonds. The van der Waals surface area contributed by atoms with Crippen LogP contribution in [-0.2, 0) is 5.54 Å². The van der Waals surface area contributed by atoms with Crippen molar-refractivity contribution in [3.8, 4) is 0 Å². The molecule has 0 aromatic carbocycles. The fraction of sp³-hybridized carbons (Fsp3) is 0.636. The molecule has 3 heteroatoms. The van der Waals surface area contributed by atoms with Gasteiger partial charge in [0.2, 0.25) is 0 Å². The summed E-state index contributed by atoms with van der Waals surface area (Å²) in [4.78, 5) is 0. The van der Waals surface area contributed by atoms with Gasteiger partial charge in [0.15, 0.2) is 0 Å². The van der Waals surface area contributed by atoms with Crippen LogP contribution in [0.3, 0.4) is 0 Å². The number of nitrogens with two attached hydrogens (primary N) is 1. The van der Waals surface area contributed by atoms with Gasteiger partial charge < -0.3 is 5.73 Å². The quantitative estimate of drug-likeness (QED) is 0.870. The Hall–Kier alpha value is 0.140. The molecule has 0 aliphatic heterocycles. The van der Waals surface area contributed by atoms with Gasteiger partial charge >= 0.3 is 0 Å². The molecule has 2 unspecified atom stereocenters. The normalized spacial score (nSPS) is 32.4. The molecular weight excluding hydrogens is 258 g/mol. The topological polar surface area (TPSA) is 26.0 Å². The van der Waals surface area contributed by atoms with Crippen molar-refractivity contribution in [1.82, 2.24) is 0 Å². The first-order valence-electron chi connectivity index (χ1n) is 5.17. The molecule has 0 saturated heterocycles. The SMILES string of the molecule is CCC1CCC(N)(c2cscc2Br)C1. The Bertz CT molecular complexity index is 323. The number of thiophene rings is 1. The standard InChI is InChI=1S/C11H16BrNS/c1-2-8-3-4-11(13,5-8)9-6-14-7-10(9)12/h6-8H,2-5,13H2,1H3. The molecule has 14 heavy (non-hydrogen) atoms. The maximum atomic E-state index is 6.47. The van der Waals surface area contributed by atoms with Crippen LogP contribution >= 0.6 is 27.3 Å². The number of hydrogen-bond donors (Lipinski definition) is 1. The first-order valence-corrected chi connectivity index (χ1v) is 6.90. The van der Waals surface area contributed by atoms with Crippen molar-refractivity contribution in [1.29, 1.82) is 0 Å². The molecule has 78 valence electrons. The second-order valence-corrected chi connectivity index (χ2v) is 5.90. The maximum Gasteiger partial charge on any atom is 0.0431 e. The molecule has 1 aromatic heterocycles. The summed E-state index contributed by atoms with van der Waals surface area (Å²) in [5, 5.41) is 4.32. The van der Waals surface area contributed by atoms with E-state index in [0.29, 0.717) is 0 Å². The van der Waals surface area contributed by atoms with Crippen LogP contribution in [0, 0.1) is 5.92 Å². The van der Waals surface area contributed by atoms with Crippen molar-refractivity contribution in [3.63, 3.8) is 0 Å². The molecule has 2 N–H and O–H groups in total. The van der Waals surface area contributed by atoms with E-state index < -0.39 is 0 Å². The molecule has 1 aromatic rings. The van der Waals surface area contributed by atoms with E-state index in [-0.39, 0.29) is 5.54 Å². The zero-order chi connectivity index (χ0) is 10.2. The van der Waals surface area contributed by atoms with Crippen LogP contribution in [0.15, 0.2) is 15.2 Å². The highest BCUT2D eigenvalue weighted by Crippen LogP contribution is 2.44. The van der Waals surface area contributed by atoms with E-state index >= 15 is 0 Å². The average molecular weight is 274 g/mol. The van der Waals surface area contributed by atoms with Gasteiger partial charge in [-0.15, -0.1) is 0 Å². The summed E-state index contributed by atoms with van der Waals surface area (Å²) in [5.74, 6) is 0.826. The van der Waals surface area contributed by atoms with Crippen molar-refractivity contribution in [2.75, 3.05) is 0 Å². The van der Waals surface area contributed by atoms with E-state index in [1.807, 2.05) is 0 Å². The summed E-state index contributed by atoms with van der Waals surface area (Å²) < 4.78 is 1.20. The Kier molecular flexibility index (Phi) is 3.01. The van der Waals surface area contributed by atoms with Crippen LogP contribution in [0.4, 0.5) is 0 Å². The predicted octanol–water partition coefficient (Wildman–Crippen LogP) is 3.87. The summed E-state index contributed by atoms with van der Waals surface area (Å²) in [6, 6.07) is 0. The Morgan fingerprint density at radius 2 is 2.43 bits per heavy atom. The summed E-state index contributed by atoms with van der Waals surface area (Å²) in [6.07, 6.45) is 4.84. The number of rotatable bonds is 2. The minimum Gasteiger partial charge on any atom is -0.321 e. The fourth-order valence-corrected chi connectivity index (χ4v) is 4.21. The average Bonchev–Trinajstić information content (AvgIpc) is 2.73. The first-order chi connectivity index (χ1) is 6.65. The third-order valence-corrected chi connectivity index (χ3v) is 5.08. The van der Waals surface area contributed by atoms with Crippen LogP contribution in [-0.4, -0.2) is 0 Å². The lowest BCUT2D eigenvalue weighted by Crippen LogP contribution is -2.33. The molecule has 2 rings (SSSR count). The van der Waals surface area contributed by atoms with Gasteiger partial charge in [-0.25, -0.2) is 0 Å². The minimum atomic E-state index is -0.0560. The second kappa shape index (κ2) is 3.95. The highest BCUT2D eigenvalue weighted by Gasteiger charge is 2.37. The van der Waals surface area contributed by atoms with E-state index in [2.05, 4.69) is 33.6 Å². The molecule has 1 aliphatic carbocycles. The molecule has 0 bridgehead atoms. The van der Waals surface area contributed by atoms with Gasteiger partial charge in [0.05, 0.1) is 0 Å². The van der Waals surface area contributed by atoms with E-state index in [0.717, 1.165) is 18.8 Å². The van der Waals surface area contributed by atoms with Gasteiger partial charge in [-0.2, -0.15) is 11.3 Å². The molecule has 0 spiro atoms. The lowest BCUT2D eigenvalue weighted by molar-refractivity contribution is 0.424. The Morgan fingerprint density at radius 1 is 1.64 bits per heavy atom. The van der Waals surface area contributed by atoms with Crippen LogP contribution in [0.2, 0.25) is 0 Å². The van der Waals surface area contributed by atoms with Crippen LogP contribution in [0.1, 0.15) is 38.2 Å². The molecule has 2 atom stereocenters. The van der Waals surface area contributed by atoms with Gasteiger partial charge in [-0.05, 0) is 52.1 Å². The molecule has 1 heterocycles. The predicted molar refractivity (Wildman–Crippen MR) is 65.5 cm³/mol. The van der Waals surface area contributed by atoms with Crippen molar-refractivity contribution in [2.24, 2.45) is 11.7 Å². The van der Waals surface area contributed by atoms with Gasteiger partial charge in [0, 0.05) is 15.4 Å². The lowest BCUT2D eigenvalue weighted by atomic mass is 9.90. The lowest BCUT2D eigenvalue weighted by Gasteiger charge is -2.24. The van der Waals surface area contributed by atoms with E-state index in [1.54, 1.807) is 11.3 Å². The largest absolute Gasteiger partial charge is 0.321 e. The highest BCUT2D eigenvalue weighted by molar-refractivity contribution is 9.10. The summed E-state index contributed by atoms with van der Waals surface area (Å²) in [5.41, 5.74) is 7.73. The van der Waals surface area contributed by atoms with Crippen LogP contribution in [0.25, 0.3) is 0 Å². The Balaban J connectivity index is 2.22. The third kappa shape index (κ3) is 1.77. The Morgan fingerprint density at radius 3 is 2.93 bits per heavy atom. The number of hydrogen-bond acceptors (Lipinski definition) is 2. The smallest absolute Gasteiger partial charge is 0.0431 e. The maximum absolute atomic E-state index is 6.47. The number of halogens is 1. The Labute approximate surface area is 97.8 Å². The summed E-state index contributed by atoms with van der Waals surface area (Å²) >= 11 is 5.32. The third-order valence-electron chi connectivity index (χ3n) is 3.38. The van der Waals surface area contributed by atoms with E-state index in [4.69, 9.17) is 5.73 Å². The van der Waals surface area contributed by atoms with Crippen molar-refractivity contribution in [2.45, 2.75) is 38.1 Å². The van der Waals surface area contributed by atoms with E-state index in [9.17, 15) is 0 Å². The van der Waals surface area contributed by atoms with Crippen molar-refractivity contribution >= 4 is 27.3 Å². The molecule has 1 fully saturated rings. The van der Waals surface area contributed by atoms with E-state index in [1.165, 1.54) is 22.9 Å². The molecule has 1 saturated carbocycles. The van der Waals surface area contributed by atoms with Gasteiger partial charge in [0.1, 0.15) is 0 Å².